The molecule has 0 aliphatic carbocycles. The first kappa shape index (κ1) is 17.4. The van der Waals surface area contributed by atoms with Gasteiger partial charge in [0.05, 0.1) is 0 Å². The van der Waals surface area contributed by atoms with Crippen molar-refractivity contribution in [1.82, 2.24) is 20.1 Å². The SMILES string of the molecule is CCCN(CCC)CC(c1cccnc1)N1CCNCC1C. The van der Waals surface area contributed by atoms with Gasteiger partial charge in [0.2, 0.25) is 0 Å². The highest BCUT2D eigenvalue weighted by Gasteiger charge is 2.28. The van der Waals surface area contributed by atoms with Crippen LogP contribution in [0.2, 0.25) is 0 Å². The second-order valence-electron chi connectivity index (χ2n) is 6.39. The molecule has 4 heteroatoms. The Morgan fingerprint density at radius 2 is 2.14 bits per heavy atom. The zero-order valence-electron chi connectivity index (χ0n) is 14.5. The smallest absolute Gasteiger partial charge is 0.0494 e. The first-order valence-corrected chi connectivity index (χ1v) is 8.85. The van der Waals surface area contributed by atoms with Crippen LogP contribution in [-0.2, 0) is 0 Å². The minimum absolute atomic E-state index is 0.448. The van der Waals surface area contributed by atoms with Crippen molar-refractivity contribution in [2.45, 2.75) is 45.7 Å². The van der Waals surface area contributed by atoms with Crippen LogP contribution in [0.25, 0.3) is 0 Å². The number of pyridine rings is 1. The van der Waals surface area contributed by atoms with Crippen LogP contribution in [0.5, 0.6) is 0 Å². The summed E-state index contributed by atoms with van der Waals surface area (Å²) in [5.41, 5.74) is 1.36. The van der Waals surface area contributed by atoms with E-state index in [0.29, 0.717) is 12.1 Å². The highest BCUT2D eigenvalue weighted by Crippen LogP contribution is 2.24. The average molecular weight is 304 g/mol. The standard InChI is InChI=1S/C18H32N4/c1-4-10-21(11-5-2)15-18(17-7-6-8-19-14-17)22-12-9-20-13-16(22)3/h6-8,14,16,18,20H,4-5,9-13,15H2,1-3H3. The molecular weight excluding hydrogens is 272 g/mol. The van der Waals surface area contributed by atoms with Gasteiger partial charge in [-0.05, 0) is 44.5 Å². The van der Waals surface area contributed by atoms with Crippen LogP contribution in [0.3, 0.4) is 0 Å². The van der Waals surface area contributed by atoms with Crippen LogP contribution in [0.4, 0.5) is 0 Å². The molecule has 1 saturated heterocycles. The molecule has 2 rings (SSSR count). The molecule has 0 saturated carbocycles. The van der Waals surface area contributed by atoms with Crippen molar-refractivity contribution in [2.75, 3.05) is 39.3 Å². The van der Waals surface area contributed by atoms with Gasteiger partial charge in [0.15, 0.2) is 0 Å². The highest BCUT2D eigenvalue weighted by atomic mass is 15.3. The van der Waals surface area contributed by atoms with Gasteiger partial charge >= 0.3 is 0 Å². The highest BCUT2D eigenvalue weighted by molar-refractivity contribution is 5.15. The summed E-state index contributed by atoms with van der Waals surface area (Å²) in [6, 6.07) is 5.33. The Labute approximate surface area is 135 Å². The van der Waals surface area contributed by atoms with Gasteiger partial charge < -0.3 is 10.2 Å². The van der Waals surface area contributed by atoms with E-state index in [1.165, 1.54) is 31.5 Å². The van der Waals surface area contributed by atoms with Gasteiger partial charge in [-0.15, -0.1) is 0 Å². The summed E-state index contributed by atoms with van der Waals surface area (Å²) in [4.78, 5) is 9.64. The Balaban J connectivity index is 2.17. The molecule has 1 N–H and O–H groups in total. The van der Waals surface area contributed by atoms with E-state index in [1.807, 2.05) is 6.20 Å². The van der Waals surface area contributed by atoms with Crippen molar-refractivity contribution < 1.29 is 0 Å². The Hall–Kier alpha value is -0.970. The largest absolute Gasteiger partial charge is 0.314 e. The Bertz CT molecular complexity index is 403. The number of piperazine rings is 1. The predicted molar refractivity (Wildman–Crippen MR) is 93.0 cm³/mol. The van der Waals surface area contributed by atoms with E-state index in [1.54, 1.807) is 0 Å². The lowest BCUT2D eigenvalue weighted by Crippen LogP contribution is -2.53. The van der Waals surface area contributed by atoms with Crippen molar-refractivity contribution in [1.29, 1.82) is 0 Å². The molecule has 0 spiro atoms. The van der Waals surface area contributed by atoms with Gasteiger partial charge in [-0.3, -0.25) is 9.88 Å². The maximum atomic E-state index is 4.36. The van der Waals surface area contributed by atoms with Gasteiger partial charge in [0, 0.05) is 50.7 Å². The second kappa shape index (κ2) is 9.23. The molecule has 1 aliphatic rings. The molecule has 0 amide bonds. The predicted octanol–water partition coefficient (Wildman–Crippen LogP) is 2.54. The Kier molecular flexibility index (Phi) is 7.30. The van der Waals surface area contributed by atoms with Crippen LogP contribution < -0.4 is 5.32 Å². The summed E-state index contributed by atoms with van der Waals surface area (Å²) >= 11 is 0. The summed E-state index contributed by atoms with van der Waals surface area (Å²) in [6.45, 7) is 13.6. The number of hydrogen-bond acceptors (Lipinski definition) is 4. The third-order valence-electron chi connectivity index (χ3n) is 4.53. The molecule has 2 atom stereocenters. The molecule has 22 heavy (non-hydrogen) atoms. The average Bonchev–Trinajstić information content (AvgIpc) is 2.54. The summed E-state index contributed by atoms with van der Waals surface area (Å²) in [5.74, 6) is 0. The monoisotopic (exact) mass is 304 g/mol. The number of nitrogens with zero attached hydrogens (tertiary/aromatic N) is 3. The van der Waals surface area contributed by atoms with Crippen LogP contribution in [0, 0.1) is 0 Å². The lowest BCUT2D eigenvalue weighted by Gasteiger charge is -2.42. The molecular formula is C18H32N4. The zero-order chi connectivity index (χ0) is 15.8. The van der Waals surface area contributed by atoms with E-state index >= 15 is 0 Å². The maximum absolute atomic E-state index is 4.36. The van der Waals surface area contributed by atoms with Gasteiger partial charge in [-0.1, -0.05) is 19.9 Å². The van der Waals surface area contributed by atoms with Crippen molar-refractivity contribution in [2.24, 2.45) is 0 Å². The lowest BCUT2D eigenvalue weighted by atomic mass is 10.0. The first-order valence-electron chi connectivity index (χ1n) is 8.85. The maximum Gasteiger partial charge on any atom is 0.0494 e. The van der Waals surface area contributed by atoms with Crippen LogP contribution >= 0.6 is 0 Å². The fourth-order valence-corrected chi connectivity index (χ4v) is 3.47. The minimum atomic E-state index is 0.448. The van der Waals surface area contributed by atoms with Crippen LogP contribution in [0.15, 0.2) is 24.5 Å². The minimum Gasteiger partial charge on any atom is -0.314 e. The van der Waals surface area contributed by atoms with Gasteiger partial charge in [0.1, 0.15) is 0 Å². The molecule has 2 unspecified atom stereocenters. The molecule has 1 aromatic rings. The van der Waals surface area contributed by atoms with Crippen molar-refractivity contribution in [3.8, 4) is 0 Å². The number of hydrogen-bond donors (Lipinski definition) is 1. The van der Waals surface area contributed by atoms with Crippen molar-refractivity contribution >= 4 is 0 Å². The van der Waals surface area contributed by atoms with E-state index in [9.17, 15) is 0 Å². The Morgan fingerprint density at radius 1 is 1.36 bits per heavy atom. The Morgan fingerprint density at radius 3 is 2.73 bits per heavy atom. The third-order valence-corrected chi connectivity index (χ3v) is 4.53. The quantitative estimate of drug-likeness (QED) is 0.800. The number of rotatable bonds is 8. The zero-order valence-corrected chi connectivity index (χ0v) is 14.5. The van der Waals surface area contributed by atoms with E-state index in [-0.39, 0.29) is 0 Å². The van der Waals surface area contributed by atoms with E-state index in [4.69, 9.17) is 0 Å². The third kappa shape index (κ3) is 4.77. The summed E-state index contributed by atoms with van der Waals surface area (Å²) < 4.78 is 0. The molecule has 0 radical (unpaired) electrons. The summed E-state index contributed by atoms with van der Waals surface area (Å²) in [5, 5.41) is 3.50. The molecule has 1 aliphatic heterocycles. The molecule has 0 bridgehead atoms. The van der Waals surface area contributed by atoms with Gasteiger partial charge in [-0.2, -0.15) is 0 Å². The number of aromatic nitrogens is 1. The molecule has 1 fully saturated rings. The fourth-order valence-electron chi connectivity index (χ4n) is 3.47. The van der Waals surface area contributed by atoms with Crippen LogP contribution in [0.1, 0.15) is 45.2 Å². The molecule has 124 valence electrons. The fraction of sp³-hybridized carbons (Fsp3) is 0.722. The first-order chi connectivity index (χ1) is 10.8. The van der Waals surface area contributed by atoms with Crippen LogP contribution in [-0.4, -0.2) is 60.1 Å². The van der Waals surface area contributed by atoms with Crippen molar-refractivity contribution in [3.05, 3.63) is 30.1 Å². The van der Waals surface area contributed by atoms with Gasteiger partial charge in [-0.25, -0.2) is 0 Å². The summed E-state index contributed by atoms with van der Waals surface area (Å²) in [6.07, 6.45) is 6.36. The number of nitrogens with one attached hydrogen (secondary N) is 1. The normalized spacial score (nSPS) is 21.2. The van der Waals surface area contributed by atoms with E-state index in [0.717, 1.165) is 26.2 Å². The van der Waals surface area contributed by atoms with E-state index < -0.39 is 0 Å². The van der Waals surface area contributed by atoms with Crippen molar-refractivity contribution in [3.63, 3.8) is 0 Å². The van der Waals surface area contributed by atoms with E-state index in [2.05, 4.69) is 59.2 Å². The molecule has 0 aromatic carbocycles. The molecule has 2 heterocycles. The van der Waals surface area contributed by atoms with Gasteiger partial charge in [0.25, 0.3) is 0 Å². The second-order valence-corrected chi connectivity index (χ2v) is 6.39. The lowest BCUT2D eigenvalue weighted by molar-refractivity contribution is 0.0838. The summed E-state index contributed by atoms with van der Waals surface area (Å²) in [7, 11) is 0. The molecule has 1 aromatic heterocycles. The topological polar surface area (TPSA) is 31.4 Å². The molecule has 4 nitrogen and oxygen atoms in total.